The number of aryl methyl sites for hydroxylation is 1. The van der Waals surface area contributed by atoms with Crippen molar-refractivity contribution in [3.05, 3.63) is 53.3 Å². The minimum atomic E-state index is -0.145. The van der Waals surface area contributed by atoms with E-state index in [2.05, 4.69) is 20.9 Å². The molecule has 1 spiro atoms. The Balaban J connectivity index is 1.35. The maximum absolute atomic E-state index is 9.24. The summed E-state index contributed by atoms with van der Waals surface area (Å²) in [5.74, 6) is 0. The van der Waals surface area contributed by atoms with Crippen LogP contribution in [0.1, 0.15) is 29.7 Å². The maximum atomic E-state index is 9.24. The fraction of sp³-hybridized carbons (Fsp3) is 0.450. The topological polar surface area (TPSA) is 71.3 Å². The molecule has 134 valence electrons. The molecule has 1 unspecified atom stereocenters. The van der Waals surface area contributed by atoms with Crippen LogP contribution in [0.4, 0.5) is 0 Å². The molecule has 2 aliphatic heterocycles. The SMILES string of the molecule is Cc1ccnc(OC2CCOC3(C2)CN(Cc2ccccc2C#N)C3)n1. The molecule has 0 N–H and O–H groups in total. The van der Waals surface area contributed by atoms with Crippen LogP contribution in [0, 0.1) is 18.3 Å². The second kappa shape index (κ2) is 7.02. The van der Waals surface area contributed by atoms with Gasteiger partial charge in [-0.05, 0) is 24.6 Å². The summed E-state index contributed by atoms with van der Waals surface area (Å²) in [5, 5.41) is 9.24. The van der Waals surface area contributed by atoms with Crippen molar-refractivity contribution in [2.75, 3.05) is 19.7 Å². The summed E-state index contributed by atoms with van der Waals surface area (Å²) >= 11 is 0. The lowest BCUT2D eigenvalue weighted by atomic mass is 9.84. The largest absolute Gasteiger partial charge is 0.460 e. The molecule has 3 heterocycles. The molecular weight excluding hydrogens is 328 g/mol. The van der Waals surface area contributed by atoms with Crippen LogP contribution < -0.4 is 4.74 Å². The van der Waals surface area contributed by atoms with E-state index in [0.717, 1.165) is 49.3 Å². The number of nitrogens with zero attached hydrogens (tertiary/aromatic N) is 4. The Hall–Kier alpha value is -2.49. The van der Waals surface area contributed by atoms with Crippen molar-refractivity contribution >= 4 is 0 Å². The Kier molecular flexibility index (Phi) is 4.58. The quantitative estimate of drug-likeness (QED) is 0.844. The Labute approximate surface area is 153 Å². The van der Waals surface area contributed by atoms with E-state index in [9.17, 15) is 5.26 Å². The molecule has 0 bridgehead atoms. The van der Waals surface area contributed by atoms with Gasteiger partial charge in [0.05, 0.1) is 23.8 Å². The third-order valence-corrected chi connectivity index (χ3v) is 5.05. The zero-order valence-corrected chi connectivity index (χ0v) is 14.9. The molecule has 0 aliphatic carbocycles. The molecule has 6 heteroatoms. The normalized spacial score (nSPS) is 21.8. The van der Waals surface area contributed by atoms with E-state index in [1.54, 1.807) is 6.20 Å². The lowest BCUT2D eigenvalue weighted by molar-refractivity contribution is -0.188. The molecule has 2 saturated heterocycles. The van der Waals surface area contributed by atoms with Crippen molar-refractivity contribution < 1.29 is 9.47 Å². The van der Waals surface area contributed by atoms with E-state index < -0.39 is 0 Å². The number of ether oxygens (including phenoxy) is 2. The van der Waals surface area contributed by atoms with Gasteiger partial charge in [-0.15, -0.1) is 0 Å². The van der Waals surface area contributed by atoms with Crippen LogP contribution in [-0.2, 0) is 11.3 Å². The fourth-order valence-corrected chi connectivity index (χ4v) is 3.82. The first-order chi connectivity index (χ1) is 12.7. The first kappa shape index (κ1) is 17.0. The zero-order chi connectivity index (χ0) is 18.0. The molecular formula is C20H22N4O2. The Morgan fingerprint density at radius 2 is 2.19 bits per heavy atom. The van der Waals surface area contributed by atoms with Gasteiger partial charge >= 0.3 is 6.01 Å². The highest BCUT2D eigenvalue weighted by atomic mass is 16.5. The minimum absolute atomic E-state index is 0.0825. The highest BCUT2D eigenvalue weighted by Gasteiger charge is 2.48. The van der Waals surface area contributed by atoms with E-state index in [4.69, 9.17) is 9.47 Å². The predicted molar refractivity (Wildman–Crippen MR) is 95.5 cm³/mol. The molecule has 4 rings (SSSR count). The van der Waals surface area contributed by atoms with E-state index in [1.165, 1.54) is 0 Å². The summed E-state index contributed by atoms with van der Waals surface area (Å²) in [5.41, 5.74) is 2.58. The summed E-state index contributed by atoms with van der Waals surface area (Å²) in [4.78, 5) is 10.9. The second-order valence-corrected chi connectivity index (χ2v) is 7.16. The van der Waals surface area contributed by atoms with Gasteiger partial charge in [-0.3, -0.25) is 4.90 Å². The van der Waals surface area contributed by atoms with Crippen molar-refractivity contribution in [2.24, 2.45) is 0 Å². The van der Waals surface area contributed by atoms with Gasteiger partial charge in [-0.25, -0.2) is 9.97 Å². The molecule has 0 saturated carbocycles. The van der Waals surface area contributed by atoms with Crippen LogP contribution in [-0.4, -0.2) is 46.3 Å². The van der Waals surface area contributed by atoms with Gasteiger partial charge in [-0.2, -0.15) is 5.26 Å². The van der Waals surface area contributed by atoms with Crippen LogP contribution in [0.5, 0.6) is 6.01 Å². The van der Waals surface area contributed by atoms with Crippen LogP contribution >= 0.6 is 0 Å². The van der Waals surface area contributed by atoms with Crippen LogP contribution in [0.15, 0.2) is 36.5 Å². The van der Waals surface area contributed by atoms with Crippen LogP contribution in [0.3, 0.4) is 0 Å². The number of benzene rings is 1. The summed E-state index contributed by atoms with van der Waals surface area (Å²) in [7, 11) is 0. The molecule has 6 nitrogen and oxygen atoms in total. The predicted octanol–water partition coefficient (Wildman–Crippen LogP) is 2.47. The molecule has 2 fully saturated rings. The Bertz CT molecular complexity index is 827. The molecule has 1 aromatic carbocycles. The van der Waals surface area contributed by atoms with Gasteiger partial charge in [0, 0.05) is 44.4 Å². The Morgan fingerprint density at radius 3 is 3.00 bits per heavy atom. The van der Waals surface area contributed by atoms with Crippen molar-refractivity contribution in [1.29, 1.82) is 5.26 Å². The molecule has 2 aromatic rings. The van der Waals surface area contributed by atoms with Crippen molar-refractivity contribution in [1.82, 2.24) is 14.9 Å². The molecule has 1 atom stereocenters. The van der Waals surface area contributed by atoms with Gasteiger partial charge < -0.3 is 9.47 Å². The highest BCUT2D eigenvalue weighted by Crippen LogP contribution is 2.36. The van der Waals surface area contributed by atoms with E-state index >= 15 is 0 Å². The van der Waals surface area contributed by atoms with Gasteiger partial charge in [0.1, 0.15) is 6.10 Å². The highest BCUT2D eigenvalue weighted by molar-refractivity contribution is 5.37. The van der Waals surface area contributed by atoms with E-state index in [-0.39, 0.29) is 11.7 Å². The summed E-state index contributed by atoms with van der Waals surface area (Å²) in [6, 6.07) is 12.4. The van der Waals surface area contributed by atoms with Gasteiger partial charge in [0.15, 0.2) is 0 Å². The smallest absolute Gasteiger partial charge is 0.316 e. The van der Waals surface area contributed by atoms with Gasteiger partial charge in [0.25, 0.3) is 0 Å². The molecule has 2 aliphatic rings. The summed E-state index contributed by atoms with van der Waals surface area (Å²) in [6.45, 7) is 5.13. The standard InChI is InChI=1S/C20H22N4O2/c1-15-6-8-22-19(23-15)26-18-7-9-25-20(10-18)13-24(14-20)12-17-5-3-2-4-16(17)11-21/h2-6,8,18H,7,9-10,12-14H2,1H3. The van der Waals surface area contributed by atoms with Crippen molar-refractivity contribution in [3.8, 4) is 12.1 Å². The van der Waals surface area contributed by atoms with Gasteiger partial charge in [0.2, 0.25) is 0 Å². The number of likely N-dealkylation sites (tertiary alicyclic amines) is 1. The average Bonchev–Trinajstić information content (AvgIpc) is 2.61. The number of aromatic nitrogens is 2. The van der Waals surface area contributed by atoms with E-state index in [1.807, 2.05) is 37.3 Å². The lowest BCUT2D eigenvalue weighted by Gasteiger charge is -2.53. The fourth-order valence-electron chi connectivity index (χ4n) is 3.82. The molecule has 0 amide bonds. The minimum Gasteiger partial charge on any atom is -0.460 e. The summed E-state index contributed by atoms with van der Waals surface area (Å²) < 4.78 is 12.1. The number of nitriles is 1. The van der Waals surface area contributed by atoms with Gasteiger partial charge in [-0.1, -0.05) is 18.2 Å². The second-order valence-electron chi connectivity index (χ2n) is 7.16. The first-order valence-corrected chi connectivity index (χ1v) is 8.96. The Morgan fingerprint density at radius 1 is 1.35 bits per heavy atom. The lowest BCUT2D eigenvalue weighted by Crippen LogP contribution is -2.65. The molecule has 0 radical (unpaired) electrons. The zero-order valence-electron chi connectivity index (χ0n) is 14.9. The maximum Gasteiger partial charge on any atom is 0.316 e. The first-order valence-electron chi connectivity index (χ1n) is 8.96. The number of rotatable bonds is 4. The monoisotopic (exact) mass is 350 g/mol. The number of hydrogen-bond acceptors (Lipinski definition) is 6. The number of hydrogen-bond donors (Lipinski definition) is 0. The molecule has 26 heavy (non-hydrogen) atoms. The molecule has 1 aromatic heterocycles. The van der Waals surface area contributed by atoms with Crippen molar-refractivity contribution in [3.63, 3.8) is 0 Å². The third-order valence-electron chi connectivity index (χ3n) is 5.05. The van der Waals surface area contributed by atoms with E-state index in [0.29, 0.717) is 12.6 Å². The summed E-state index contributed by atoms with van der Waals surface area (Å²) in [6.07, 6.45) is 3.51. The van der Waals surface area contributed by atoms with Crippen LogP contribution in [0.2, 0.25) is 0 Å². The third kappa shape index (κ3) is 3.55. The van der Waals surface area contributed by atoms with Crippen LogP contribution in [0.25, 0.3) is 0 Å². The average molecular weight is 350 g/mol. The van der Waals surface area contributed by atoms with Crippen molar-refractivity contribution in [2.45, 2.75) is 38.0 Å².